The third-order valence-corrected chi connectivity index (χ3v) is 3.44. The molecule has 1 aromatic carbocycles. The van der Waals surface area contributed by atoms with Gasteiger partial charge in [0.05, 0.1) is 6.54 Å². The Hall–Kier alpha value is -2.41. The number of benzene rings is 1. The van der Waals surface area contributed by atoms with Crippen LogP contribution in [-0.4, -0.2) is 35.5 Å². The molecule has 0 aliphatic carbocycles. The van der Waals surface area contributed by atoms with Gasteiger partial charge >= 0.3 is 6.03 Å². The summed E-state index contributed by atoms with van der Waals surface area (Å²) in [6.45, 7) is 1.58. The van der Waals surface area contributed by atoms with Gasteiger partial charge in [0.1, 0.15) is 0 Å². The number of hydrogen-bond acceptors (Lipinski definition) is 5. The molecule has 0 radical (unpaired) electrons. The standard InChI is InChI=1S/C15H18N4O3/c20-15(17-12-6-8-21-9-7-12)16-10-13-18-19-14(22-13)11-4-2-1-3-5-11/h1-5,12H,6-10H2,(H2,16,17,20). The number of urea groups is 1. The topological polar surface area (TPSA) is 89.3 Å². The van der Waals surface area contributed by atoms with E-state index in [0.717, 1.165) is 18.4 Å². The predicted molar refractivity (Wildman–Crippen MR) is 78.9 cm³/mol. The first kappa shape index (κ1) is 14.5. The average molecular weight is 302 g/mol. The van der Waals surface area contributed by atoms with Crippen LogP contribution in [0.2, 0.25) is 0 Å². The molecule has 1 aliphatic rings. The van der Waals surface area contributed by atoms with E-state index in [1.165, 1.54) is 0 Å². The Balaban J connectivity index is 1.49. The maximum absolute atomic E-state index is 11.8. The minimum atomic E-state index is -0.230. The highest BCUT2D eigenvalue weighted by Crippen LogP contribution is 2.16. The van der Waals surface area contributed by atoms with E-state index in [1.807, 2.05) is 30.3 Å². The van der Waals surface area contributed by atoms with Crippen molar-refractivity contribution in [1.29, 1.82) is 0 Å². The number of hydrogen-bond donors (Lipinski definition) is 2. The third kappa shape index (κ3) is 3.82. The smallest absolute Gasteiger partial charge is 0.315 e. The summed E-state index contributed by atoms with van der Waals surface area (Å²) in [5, 5.41) is 13.5. The zero-order valence-corrected chi connectivity index (χ0v) is 12.1. The van der Waals surface area contributed by atoms with Crippen molar-refractivity contribution in [2.24, 2.45) is 0 Å². The van der Waals surface area contributed by atoms with E-state index in [2.05, 4.69) is 20.8 Å². The fourth-order valence-electron chi connectivity index (χ4n) is 2.26. The van der Waals surface area contributed by atoms with Crippen LogP contribution < -0.4 is 10.6 Å². The Kier molecular flexibility index (Phi) is 4.65. The van der Waals surface area contributed by atoms with E-state index in [0.29, 0.717) is 25.0 Å². The molecule has 2 aromatic rings. The first-order valence-corrected chi connectivity index (χ1v) is 7.31. The molecule has 3 rings (SSSR count). The van der Waals surface area contributed by atoms with Crippen LogP contribution in [0, 0.1) is 0 Å². The van der Waals surface area contributed by atoms with Gasteiger partial charge in [0, 0.05) is 24.8 Å². The van der Waals surface area contributed by atoms with Crippen molar-refractivity contribution in [1.82, 2.24) is 20.8 Å². The zero-order valence-electron chi connectivity index (χ0n) is 12.1. The lowest BCUT2D eigenvalue weighted by atomic mass is 10.1. The zero-order chi connectivity index (χ0) is 15.2. The molecular weight excluding hydrogens is 284 g/mol. The summed E-state index contributed by atoms with van der Waals surface area (Å²) < 4.78 is 10.8. The first-order chi connectivity index (χ1) is 10.8. The van der Waals surface area contributed by atoms with Gasteiger partial charge in [-0.1, -0.05) is 18.2 Å². The Morgan fingerprint density at radius 3 is 2.73 bits per heavy atom. The second-order valence-corrected chi connectivity index (χ2v) is 5.08. The van der Waals surface area contributed by atoms with E-state index in [4.69, 9.17) is 9.15 Å². The molecule has 2 amide bonds. The molecule has 22 heavy (non-hydrogen) atoms. The quantitative estimate of drug-likeness (QED) is 0.897. The largest absolute Gasteiger partial charge is 0.419 e. The van der Waals surface area contributed by atoms with Gasteiger partial charge in [-0.2, -0.15) is 0 Å². The Morgan fingerprint density at radius 2 is 1.95 bits per heavy atom. The molecule has 0 unspecified atom stereocenters. The molecule has 1 saturated heterocycles. The van der Waals surface area contributed by atoms with Crippen molar-refractivity contribution in [3.8, 4) is 11.5 Å². The molecule has 1 aromatic heterocycles. The van der Waals surface area contributed by atoms with Gasteiger partial charge in [0.25, 0.3) is 0 Å². The molecule has 2 heterocycles. The fraction of sp³-hybridized carbons (Fsp3) is 0.400. The summed E-state index contributed by atoms with van der Waals surface area (Å²) in [6, 6.07) is 9.44. The average Bonchev–Trinajstić information content (AvgIpc) is 3.04. The van der Waals surface area contributed by atoms with Crippen molar-refractivity contribution in [3.63, 3.8) is 0 Å². The number of carbonyl (C=O) groups is 1. The number of carbonyl (C=O) groups excluding carboxylic acids is 1. The van der Waals surface area contributed by atoms with Crippen LogP contribution in [0.3, 0.4) is 0 Å². The fourth-order valence-corrected chi connectivity index (χ4v) is 2.26. The van der Waals surface area contributed by atoms with Crippen molar-refractivity contribution in [2.45, 2.75) is 25.4 Å². The molecule has 1 aliphatic heterocycles. The van der Waals surface area contributed by atoms with Gasteiger partial charge in [-0.3, -0.25) is 0 Å². The molecule has 7 nitrogen and oxygen atoms in total. The maximum Gasteiger partial charge on any atom is 0.315 e. The van der Waals surface area contributed by atoms with Crippen LogP contribution in [-0.2, 0) is 11.3 Å². The summed E-state index contributed by atoms with van der Waals surface area (Å²) in [5.41, 5.74) is 0.855. The van der Waals surface area contributed by atoms with Crippen LogP contribution in [0.5, 0.6) is 0 Å². The Bertz CT molecular complexity index is 608. The van der Waals surface area contributed by atoms with Gasteiger partial charge in [0.2, 0.25) is 11.8 Å². The second kappa shape index (κ2) is 7.04. The van der Waals surface area contributed by atoms with Crippen LogP contribution in [0.1, 0.15) is 18.7 Å². The van der Waals surface area contributed by atoms with Crippen molar-refractivity contribution < 1.29 is 13.9 Å². The molecule has 7 heteroatoms. The first-order valence-electron chi connectivity index (χ1n) is 7.31. The number of nitrogens with zero attached hydrogens (tertiary/aromatic N) is 2. The SMILES string of the molecule is O=C(NCc1nnc(-c2ccccc2)o1)NC1CCOCC1. The number of rotatable bonds is 4. The molecule has 0 spiro atoms. The van der Waals surface area contributed by atoms with Gasteiger partial charge in [0.15, 0.2) is 0 Å². The molecule has 116 valence electrons. The van der Waals surface area contributed by atoms with Crippen molar-refractivity contribution in [3.05, 3.63) is 36.2 Å². The van der Waals surface area contributed by atoms with Gasteiger partial charge in [-0.25, -0.2) is 4.79 Å². The van der Waals surface area contributed by atoms with E-state index < -0.39 is 0 Å². The van der Waals surface area contributed by atoms with Crippen molar-refractivity contribution >= 4 is 6.03 Å². The van der Waals surface area contributed by atoms with E-state index >= 15 is 0 Å². The summed E-state index contributed by atoms with van der Waals surface area (Å²) in [6.07, 6.45) is 1.68. The maximum atomic E-state index is 11.8. The van der Waals surface area contributed by atoms with Gasteiger partial charge in [-0.05, 0) is 25.0 Å². The summed E-state index contributed by atoms with van der Waals surface area (Å²) in [4.78, 5) is 11.8. The molecular formula is C15H18N4O3. The number of nitrogens with one attached hydrogen (secondary N) is 2. The summed E-state index contributed by atoms with van der Waals surface area (Å²) >= 11 is 0. The highest BCUT2D eigenvalue weighted by molar-refractivity contribution is 5.74. The summed E-state index contributed by atoms with van der Waals surface area (Å²) in [7, 11) is 0. The Morgan fingerprint density at radius 1 is 1.18 bits per heavy atom. The summed E-state index contributed by atoms with van der Waals surface area (Å²) in [5.74, 6) is 0.822. The minimum absolute atomic E-state index is 0.163. The molecule has 1 fully saturated rings. The monoisotopic (exact) mass is 302 g/mol. The van der Waals surface area contributed by atoms with Crippen LogP contribution in [0.15, 0.2) is 34.7 Å². The van der Waals surface area contributed by atoms with E-state index in [1.54, 1.807) is 0 Å². The lowest BCUT2D eigenvalue weighted by Crippen LogP contribution is -2.44. The van der Waals surface area contributed by atoms with Crippen LogP contribution in [0.4, 0.5) is 4.79 Å². The minimum Gasteiger partial charge on any atom is -0.419 e. The van der Waals surface area contributed by atoms with E-state index in [9.17, 15) is 4.79 Å². The number of ether oxygens (including phenoxy) is 1. The van der Waals surface area contributed by atoms with Gasteiger partial charge in [-0.15, -0.1) is 10.2 Å². The molecule has 2 N–H and O–H groups in total. The van der Waals surface area contributed by atoms with E-state index in [-0.39, 0.29) is 18.6 Å². The predicted octanol–water partition coefficient (Wildman–Crippen LogP) is 1.71. The van der Waals surface area contributed by atoms with Gasteiger partial charge < -0.3 is 19.8 Å². The highest BCUT2D eigenvalue weighted by atomic mass is 16.5. The Labute approximate surface area is 128 Å². The molecule has 0 saturated carbocycles. The second-order valence-electron chi connectivity index (χ2n) is 5.08. The van der Waals surface area contributed by atoms with Crippen molar-refractivity contribution in [2.75, 3.05) is 13.2 Å². The van der Waals surface area contributed by atoms with Crippen LogP contribution in [0.25, 0.3) is 11.5 Å². The highest BCUT2D eigenvalue weighted by Gasteiger charge is 2.16. The lowest BCUT2D eigenvalue weighted by Gasteiger charge is -2.22. The van der Waals surface area contributed by atoms with Crippen LogP contribution >= 0.6 is 0 Å². The molecule has 0 atom stereocenters. The lowest BCUT2D eigenvalue weighted by molar-refractivity contribution is 0.0800. The molecule has 0 bridgehead atoms. The normalized spacial score (nSPS) is 15.5. The number of amides is 2. The number of aromatic nitrogens is 2. The third-order valence-electron chi connectivity index (χ3n) is 3.44.